The molecule has 138 valence electrons. The van der Waals surface area contributed by atoms with Crippen LogP contribution in [0.2, 0.25) is 0 Å². The predicted molar refractivity (Wildman–Crippen MR) is 96.2 cm³/mol. The van der Waals surface area contributed by atoms with Crippen LogP contribution in [-0.4, -0.2) is 64.6 Å². The van der Waals surface area contributed by atoms with Crippen molar-refractivity contribution in [1.82, 2.24) is 20.0 Å². The molecular formula is C18H23N5O3. The minimum absolute atomic E-state index is 0.0434. The molecule has 8 nitrogen and oxygen atoms in total. The van der Waals surface area contributed by atoms with Gasteiger partial charge in [-0.05, 0) is 24.3 Å². The highest BCUT2D eigenvalue weighted by Crippen LogP contribution is 2.25. The van der Waals surface area contributed by atoms with Crippen molar-refractivity contribution in [2.24, 2.45) is 5.73 Å². The van der Waals surface area contributed by atoms with Crippen molar-refractivity contribution in [2.45, 2.75) is 19.5 Å². The largest absolute Gasteiger partial charge is 0.497 e. The second kappa shape index (κ2) is 7.57. The number of H-pyrrole nitrogens is 1. The van der Waals surface area contributed by atoms with Gasteiger partial charge in [0.2, 0.25) is 11.8 Å². The number of amides is 2. The topological polar surface area (TPSA) is 105 Å². The number of carbonyl (C=O) groups excluding carboxylic acids is 2. The molecule has 3 N–H and O–H groups in total. The van der Waals surface area contributed by atoms with Crippen LogP contribution in [0.5, 0.6) is 5.75 Å². The predicted octanol–water partition coefficient (Wildman–Crippen LogP) is 0.603. The van der Waals surface area contributed by atoms with Gasteiger partial charge in [0.05, 0.1) is 19.0 Å². The number of aromatic amines is 1. The van der Waals surface area contributed by atoms with Crippen LogP contribution in [0.25, 0.3) is 11.3 Å². The number of nitrogens with one attached hydrogen (secondary N) is 1. The van der Waals surface area contributed by atoms with Gasteiger partial charge < -0.3 is 15.4 Å². The first-order valence-corrected chi connectivity index (χ1v) is 8.45. The lowest BCUT2D eigenvalue weighted by Crippen LogP contribution is -2.58. The maximum absolute atomic E-state index is 11.9. The SMILES string of the molecule is COc1ccc(-c2[nH]ncc2CN2CCN(C(C)=O)CC2C(N)=O)cc1. The first kappa shape index (κ1) is 17.9. The van der Waals surface area contributed by atoms with Crippen molar-refractivity contribution in [2.75, 3.05) is 26.7 Å². The summed E-state index contributed by atoms with van der Waals surface area (Å²) in [6.07, 6.45) is 1.76. The minimum atomic E-state index is -0.508. The maximum Gasteiger partial charge on any atom is 0.236 e. The third-order valence-electron chi connectivity index (χ3n) is 4.73. The number of methoxy groups -OCH3 is 1. The lowest BCUT2D eigenvalue weighted by molar-refractivity contribution is -0.135. The Morgan fingerprint density at radius 2 is 2.04 bits per heavy atom. The summed E-state index contributed by atoms with van der Waals surface area (Å²) in [4.78, 5) is 27.2. The second-order valence-corrected chi connectivity index (χ2v) is 6.35. The molecule has 3 rings (SSSR count). The van der Waals surface area contributed by atoms with Crippen LogP contribution in [0, 0.1) is 0 Å². The van der Waals surface area contributed by atoms with Crippen molar-refractivity contribution in [3.63, 3.8) is 0 Å². The standard InChI is InChI=1S/C18H23N5O3/c1-12(24)22-7-8-23(16(11-22)18(19)25)10-14-9-20-21-17(14)13-3-5-15(26-2)6-4-13/h3-6,9,16H,7-8,10-11H2,1-2H3,(H2,19,25)(H,20,21). The highest BCUT2D eigenvalue weighted by molar-refractivity contribution is 5.82. The summed E-state index contributed by atoms with van der Waals surface area (Å²) < 4.78 is 5.19. The molecular weight excluding hydrogens is 334 g/mol. The number of hydrogen-bond acceptors (Lipinski definition) is 5. The van der Waals surface area contributed by atoms with Crippen LogP contribution in [0.15, 0.2) is 30.5 Å². The summed E-state index contributed by atoms with van der Waals surface area (Å²) in [6.45, 7) is 3.51. The number of nitrogens with zero attached hydrogens (tertiary/aromatic N) is 3. The molecule has 2 heterocycles. The number of primary amides is 1. The number of nitrogens with two attached hydrogens (primary N) is 1. The van der Waals surface area contributed by atoms with Gasteiger partial charge in [-0.2, -0.15) is 5.10 Å². The number of rotatable bonds is 5. The van der Waals surface area contributed by atoms with Gasteiger partial charge in [0, 0.05) is 44.2 Å². The third-order valence-corrected chi connectivity index (χ3v) is 4.73. The molecule has 1 unspecified atom stereocenters. The van der Waals surface area contributed by atoms with Crippen LogP contribution < -0.4 is 10.5 Å². The average molecular weight is 357 g/mol. The Hall–Kier alpha value is -2.87. The van der Waals surface area contributed by atoms with E-state index in [0.29, 0.717) is 26.2 Å². The molecule has 0 bridgehead atoms. The molecule has 1 fully saturated rings. The molecule has 0 radical (unpaired) electrons. The molecule has 1 saturated heterocycles. The van der Waals surface area contributed by atoms with E-state index in [9.17, 15) is 9.59 Å². The summed E-state index contributed by atoms with van der Waals surface area (Å²) in [6, 6.07) is 7.17. The molecule has 0 saturated carbocycles. The highest BCUT2D eigenvalue weighted by Gasteiger charge is 2.32. The molecule has 2 aromatic rings. The van der Waals surface area contributed by atoms with E-state index < -0.39 is 11.9 Å². The van der Waals surface area contributed by atoms with Gasteiger partial charge in [0.15, 0.2) is 0 Å². The Balaban J connectivity index is 1.79. The number of hydrogen-bond donors (Lipinski definition) is 2. The fourth-order valence-corrected chi connectivity index (χ4v) is 3.22. The fourth-order valence-electron chi connectivity index (χ4n) is 3.22. The van der Waals surface area contributed by atoms with E-state index in [1.807, 2.05) is 29.2 Å². The summed E-state index contributed by atoms with van der Waals surface area (Å²) in [5, 5.41) is 7.18. The van der Waals surface area contributed by atoms with Crippen LogP contribution in [0.3, 0.4) is 0 Å². The second-order valence-electron chi connectivity index (χ2n) is 6.35. The van der Waals surface area contributed by atoms with E-state index in [1.165, 1.54) is 6.92 Å². The highest BCUT2D eigenvalue weighted by atomic mass is 16.5. The van der Waals surface area contributed by atoms with E-state index >= 15 is 0 Å². The molecule has 1 aliphatic rings. The maximum atomic E-state index is 11.9. The summed E-state index contributed by atoms with van der Waals surface area (Å²) >= 11 is 0. The zero-order chi connectivity index (χ0) is 18.7. The fraction of sp³-hybridized carbons (Fsp3) is 0.389. The Kier molecular flexibility index (Phi) is 5.22. The molecule has 1 aromatic carbocycles. The number of carbonyl (C=O) groups is 2. The van der Waals surface area contributed by atoms with Crippen molar-refractivity contribution >= 4 is 11.8 Å². The third kappa shape index (κ3) is 3.70. The van der Waals surface area contributed by atoms with Gasteiger partial charge in [-0.25, -0.2) is 0 Å². The monoisotopic (exact) mass is 357 g/mol. The first-order valence-electron chi connectivity index (χ1n) is 8.45. The van der Waals surface area contributed by atoms with Gasteiger partial charge in [-0.1, -0.05) is 0 Å². The van der Waals surface area contributed by atoms with Gasteiger partial charge in [-0.15, -0.1) is 0 Å². The lowest BCUT2D eigenvalue weighted by Gasteiger charge is -2.39. The summed E-state index contributed by atoms with van der Waals surface area (Å²) in [5.41, 5.74) is 8.42. The molecule has 0 spiro atoms. The van der Waals surface area contributed by atoms with Crippen LogP contribution in [-0.2, 0) is 16.1 Å². The van der Waals surface area contributed by atoms with Gasteiger partial charge >= 0.3 is 0 Å². The molecule has 1 aromatic heterocycles. The van der Waals surface area contributed by atoms with E-state index in [2.05, 4.69) is 10.2 Å². The van der Waals surface area contributed by atoms with Crippen molar-refractivity contribution < 1.29 is 14.3 Å². The lowest BCUT2D eigenvalue weighted by atomic mass is 10.1. The number of aromatic nitrogens is 2. The van der Waals surface area contributed by atoms with Crippen LogP contribution in [0.1, 0.15) is 12.5 Å². The molecule has 1 atom stereocenters. The van der Waals surface area contributed by atoms with Crippen molar-refractivity contribution in [1.29, 1.82) is 0 Å². The van der Waals surface area contributed by atoms with E-state index in [4.69, 9.17) is 10.5 Å². The van der Waals surface area contributed by atoms with Gasteiger partial charge in [0.25, 0.3) is 0 Å². The Morgan fingerprint density at radius 1 is 1.31 bits per heavy atom. The van der Waals surface area contributed by atoms with Crippen molar-refractivity contribution in [3.05, 3.63) is 36.0 Å². The molecule has 0 aliphatic carbocycles. The quantitative estimate of drug-likeness (QED) is 0.815. The molecule has 1 aliphatic heterocycles. The molecule has 8 heteroatoms. The first-order chi connectivity index (χ1) is 12.5. The van der Waals surface area contributed by atoms with Crippen LogP contribution in [0.4, 0.5) is 0 Å². The average Bonchev–Trinajstić information content (AvgIpc) is 3.10. The summed E-state index contributed by atoms with van der Waals surface area (Å²) in [5.74, 6) is 0.313. The zero-order valence-electron chi connectivity index (χ0n) is 14.9. The number of piperazine rings is 1. The normalized spacial score (nSPS) is 17.9. The smallest absolute Gasteiger partial charge is 0.236 e. The van der Waals surface area contributed by atoms with Gasteiger partial charge in [0.1, 0.15) is 11.8 Å². The van der Waals surface area contributed by atoms with Gasteiger partial charge in [-0.3, -0.25) is 19.6 Å². The number of ether oxygens (including phenoxy) is 1. The molecule has 26 heavy (non-hydrogen) atoms. The minimum Gasteiger partial charge on any atom is -0.497 e. The Labute approximate surface area is 151 Å². The Morgan fingerprint density at radius 3 is 2.65 bits per heavy atom. The van der Waals surface area contributed by atoms with Crippen LogP contribution >= 0.6 is 0 Å². The van der Waals surface area contributed by atoms with Crippen molar-refractivity contribution in [3.8, 4) is 17.0 Å². The van der Waals surface area contributed by atoms with E-state index in [0.717, 1.165) is 22.6 Å². The van der Waals surface area contributed by atoms with E-state index in [1.54, 1.807) is 18.2 Å². The summed E-state index contributed by atoms with van der Waals surface area (Å²) in [7, 11) is 1.63. The van der Waals surface area contributed by atoms with E-state index in [-0.39, 0.29) is 5.91 Å². The zero-order valence-corrected chi connectivity index (χ0v) is 14.9. The number of benzene rings is 1. The molecule has 2 amide bonds. The Bertz CT molecular complexity index is 786.